The van der Waals surface area contributed by atoms with Gasteiger partial charge in [-0.15, -0.1) is 0 Å². The molecule has 39 heavy (non-hydrogen) atoms. The summed E-state index contributed by atoms with van der Waals surface area (Å²) in [4.78, 5) is 35.8. The third-order valence-electron chi connectivity index (χ3n) is 6.48. The number of amides is 1. The number of anilines is 1. The number of carboxylic acids is 1. The monoisotopic (exact) mass is 540 g/mol. The second-order valence-electron chi connectivity index (χ2n) is 9.28. The molecule has 4 aromatic rings. The summed E-state index contributed by atoms with van der Waals surface area (Å²) in [7, 11) is 0. The molecule has 0 aliphatic heterocycles. The highest BCUT2D eigenvalue weighted by molar-refractivity contribution is 7.98. The SMILES string of the molecule is CSCCC(NC(=O)c1ccc(CN(Cc2ccccc2)c2cncnc2)cc1-c1ccccc1C)C(=O)O. The molecule has 0 saturated carbocycles. The van der Waals surface area contributed by atoms with E-state index >= 15 is 0 Å². The molecule has 1 heterocycles. The van der Waals surface area contributed by atoms with Crippen molar-refractivity contribution in [3.05, 3.63) is 114 Å². The van der Waals surface area contributed by atoms with E-state index in [-0.39, 0.29) is 0 Å². The predicted molar refractivity (Wildman–Crippen MR) is 157 cm³/mol. The number of thioether (sulfide) groups is 1. The van der Waals surface area contributed by atoms with E-state index in [4.69, 9.17) is 0 Å². The first kappa shape index (κ1) is 27.9. The fourth-order valence-corrected chi connectivity index (χ4v) is 4.90. The van der Waals surface area contributed by atoms with Gasteiger partial charge in [-0.1, -0.05) is 60.7 Å². The number of nitrogens with zero attached hydrogens (tertiary/aromatic N) is 3. The first-order chi connectivity index (χ1) is 19.0. The maximum absolute atomic E-state index is 13.4. The van der Waals surface area contributed by atoms with Gasteiger partial charge in [0.2, 0.25) is 0 Å². The van der Waals surface area contributed by atoms with Gasteiger partial charge in [-0.05, 0) is 65.3 Å². The zero-order valence-corrected chi connectivity index (χ0v) is 22.9. The average molecular weight is 541 g/mol. The van der Waals surface area contributed by atoms with Crippen LogP contribution < -0.4 is 10.2 Å². The molecule has 1 atom stereocenters. The zero-order valence-electron chi connectivity index (χ0n) is 22.1. The Morgan fingerprint density at radius 3 is 2.31 bits per heavy atom. The number of hydrogen-bond acceptors (Lipinski definition) is 6. The third-order valence-corrected chi connectivity index (χ3v) is 7.12. The van der Waals surface area contributed by atoms with Crippen LogP contribution in [-0.4, -0.2) is 45.0 Å². The van der Waals surface area contributed by atoms with E-state index in [0.717, 1.165) is 33.5 Å². The Morgan fingerprint density at radius 2 is 1.62 bits per heavy atom. The minimum atomic E-state index is -1.03. The van der Waals surface area contributed by atoms with Gasteiger partial charge >= 0.3 is 5.97 Å². The van der Waals surface area contributed by atoms with Crippen LogP contribution in [-0.2, 0) is 17.9 Å². The lowest BCUT2D eigenvalue weighted by Gasteiger charge is -2.25. The van der Waals surface area contributed by atoms with Crippen LogP contribution in [0.15, 0.2) is 91.5 Å². The zero-order chi connectivity index (χ0) is 27.6. The lowest BCUT2D eigenvalue weighted by molar-refractivity contribution is -0.139. The molecule has 8 heteroatoms. The second-order valence-corrected chi connectivity index (χ2v) is 10.3. The first-order valence-corrected chi connectivity index (χ1v) is 14.1. The van der Waals surface area contributed by atoms with Crippen LogP contribution >= 0.6 is 11.8 Å². The summed E-state index contributed by atoms with van der Waals surface area (Å²) in [5.41, 5.74) is 6.21. The fourth-order valence-electron chi connectivity index (χ4n) is 4.43. The highest BCUT2D eigenvalue weighted by Gasteiger charge is 2.23. The van der Waals surface area contributed by atoms with Crippen molar-refractivity contribution in [1.29, 1.82) is 0 Å². The van der Waals surface area contributed by atoms with Gasteiger partial charge in [-0.25, -0.2) is 14.8 Å². The number of carboxylic acid groups (broad SMARTS) is 1. The number of hydrogen-bond donors (Lipinski definition) is 2. The molecule has 0 saturated heterocycles. The molecular weight excluding hydrogens is 508 g/mol. The van der Waals surface area contributed by atoms with E-state index < -0.39 is 17.9 Å². The molecule has 0 bridgehead atoms. The molecular formula is C31H32N4O3S. The highest BCUT2D eigenvalue weighted by Crippen LogP contribution is 2.30. The van der Waals surface area contributed by atoms with Crippen LogP contribution in [0.2, 0.25) is 0 Å². The first-order valence-electron chi connectivity index (χ1n) is 12.7. The highest BCUT2D eigenvalue weighted by atomic mass is 32.2. The van der Waals surface area contributed by atoms with E-state index in [0.29, 0.717) is 30.8 Å². The van der Waals surface area contributed by atoms with Gasteiger partial charge in [0, 0.05) is 18.7 Å². The Labute approximate surface area is 233 Å². The quantitative estimate of drug-likeness (QED) is 0.242. The van der Waals surface area contributed by atoms with Gasteiger partial charge in [0.25, 0.3) is 5.91 Å². The Hall–Kier alpha value is -4.17. The Kier molecular flexibility index (Phi) is 9.69. The van der Waals surface area contributed by atoms with Gasteiger partial charge < -0.3 is 15.3 Å². The minimum Gasteiger partial charge on any atom is -0.480 e. The van der Waals surface area contributed by atoms with Crippen LogP contribution in [0, 0.1) is 6.92 Å². The molecule has 1 aromatic heterocycles. The van der Waals surface area contributed by atoms with E-state index in [1.54, 1.807) is 30.2 Å². The smallest absolute Gasteiger partial charge is 0.326 e. The van der Waals surface area contributed by atoms with Crippen molar-refractivity contribution in [3.8, 4) is 11.1 Å². The summed E-state index contributed by atoms with van der Waals surface area (Å²) >= 11 is 1.55. The lowest BCUT2D eigenvalue weighted by atomic mass is 9.93. The molecule has 4 rings (SSSR count). The van der Waals surface area contributed by atoms with Gasteiger partial charge in [-0.2, -0.15) is 11.8 Å². The number of aryl methyl sites for hydroxylation is 1. The summed E-state index contributed by atoms with van der Waals surface area (Å²) in [6.07, 6.45) is 7.37. The van der Waals surface area contributed by atoms with Crippen LogP contribution in [0.1, 0.15) is 33.5 Å². The topological polar surface area (TPSA) is 95.4 Å². The summed E-state index contributed by atoms with van der Waals surface area (Å²) in [5, 5.41) is 12.4. The summed E-state index contributed by atoms with van der Waals surface area (Å²) in [5.74, 6) is -0.791. The number of aromatic nitrogens is 2. The number of carbonyl (C=O) groups is 2. The van der Waals surface area contributed by atoms with Gasteiger partial charge in [0.15, 0.2) is 0 Å². The van der Waals surface area contributed by atoms with Gasteiger partial charge in [-0.3, -0.25) is 4.79 Å². The van der Waals surface area contributed by atoms with Crippen molar-refractivity contribution in [2.75, 3.05) is 16.9 Å². The molecule has 1 amide bonds. The molecule has 0 radical (unpaired) electrons. The molecule has 7 nitrogen and oxygen atoms in total. The summed E-state index contributed by atoms with van der Waals surface area (Å²) < 4.78 is 0. The van der Waals surface area contributed by atoms with E-state index in [2.05, 4.69) is 32.3 Å². The second kappa shape index (κ2) is 13.6. The van der Waals surface area contributed by atoms with Crippen molar-refractivity contribution < 1.29 is 14.7 Å². The number of aliphatic carboxylic acids is 1. The van der Waals surface area contributed by atoms with Crippen molar-refractivity contribution >= 4 is 29.3 Å². The fraction of sp³-hybridized carbons (Fsp3) is 0.226. The van der Waals surface area contributed by atoms with Crippen LogP contribution in [0.3, 0.4) is 0 Å². The largest absolute Gasteiger partial charge is 0.480 e. The van der Waals surface area contributed by atoms with E-state index in [9.17, 15) is 14.7 Å². The van der Waals surface area contributed by atoms with E-state index in [1.165, 1.54) is 6.33 Å². The standard InChI is InChI=1S/C31H32N4O3S/c1-22-8-6-7-11-26(22)28-16-24(12-13-27(28)30(36)34-29(31(37)38)14-15-39-2)20-35(25-17-32-21-33-18-25)19-23-9-4-3-5-10-23/h3-13,16-18,21,29H,14-15,19-20H2,1-2H3,(H,34,36)(H,37,38). The Balaban J connectivity index is 1.70. The number of carbonyl (C=O) groups excluding carboxylic acids is 1. The van der Waals surface area contributed by atoms with Crippen LogP contribution in [0.5, 0.6) is 0 Å². The third kappa shape index (κ3) is 7.45. The maximum atomic E-state index is 13.4. The number of benzene rings is 3. The molecule has 0 aliphatic carbocycles. The summed E-state index contributed by atoms with van der Waals surface area (Å²) in [6, 6.07) is 22.9. The van der Waals surface area contributed by atoms with Crippen LogP contribution in [0.25, 0.3) is 11.1 Å². The Morgan fingerprint density at radius 1 is 0.923 bits per heavy atom. The molecule has 0 fully saturated rings. The molecule has 3 aromatic carbocycles. The predicted octanol–water partition coefficient (Wildman–Crippen LogP) is 5.59. The van der Waals surface area contributed by atoms with Crippen molar-refractivity contribution in [2.45, 2.75) is 32.5 Å². The average Bonchev–Trinajstić information content (AvgIpc) is 2.96. The molecule has 2 N–H and O–H groups in total. The Bertz CT molecular complexity index is 1400. The normalized spacial score (nSPS) is 11.5. The minimum absolute atomic E-state index is 0.355. The van der Waals surface area contributed by atoms with Gasteiger partial charge in [0.1, 0.15) is 12.4 Å². The van der Waals surface area contributed by atoms with Crippen molar-refractivity contribution in [2.24, 2.45) is 0 Å². The number of rotatable bonds is 12. The van der Waals surface area contributed by atoms with Crippen LogP contribution in [0.4, 0.5) is 5.69 Å². The molecule has 200 valence electrons. The van der Waals surface area contributed by atoms with Crippen molar-refractivity contribution in [1.82, 2.24) is 15.3 Å². The number of nitrogens with one attached hydrogen (secondary N) is 1. The molecule has 0 aliphatic rings. The summed E-state index contributed by atoms with van der Waals surface area (Å²) in [6.45, 7) is 3.23. The molecule has 0 spiro atoms. The van der Waals surface area contributed by atoms with Crippen molar-refractivity contribution in [3.63, 3.8) is 0 Å². The lowest BCUT2D eigenvalue weighted by Crippen LogP contribution is -2.41. The molecule has 1 unspecified atom stereocenters. The van der Waals surface area contributed by atoms with Gasteiger partial charge in [0.05, 0.1) is 18.1 Å². The maximum Gasteiger partial charge on any atom is 0.326 e. The van der Waals surface area contributed by atoms with E-state index in [1.807, 2.05) is 67.8 Å².